The molecule has 4 nitrogen and oxygen atoms in total. The molecule has 1 aromatic rings. The maximum Gasteiger partial charge on any atom is 0.241 e. The Hall–Kier alpha value is -1.00. The molecule has 1 unspecified atom stereocenters. The van der Waals surface area contributed by atoms with Gasteiger partial charge in [0.15, 0.2) is 0 Å². The number of aliphatic hydroxyl groups excluding tert-OH is 1. The first kappa shape index (κ1) is 18.1. The van der Waals surface area contributed by atoms with Gasteiger partial charge in [-0.15, -0.1) is 0 Å². The minimum Gasteiger partial charge on any atom is -0.395 e. The summed E-state index contributed by atoms with van der Waals surface area (Å²) in [6.07, 6.45) is 2.26. The van der Waals surface area contributed by atoms with Crippen LogP contribution in [0.1, 0.15) is 24.5 Å². The smallest absolute Gasteiger partial charge is 0.241 e. The number of nitrogens with one attached hydrogen (secondary N) is 1. The molecule has 0 radical (unpaired) electrons. The predicted octanol–water partition coefficient (Wildman–Crippen LogP) is 1.76. The van der Waals surface area contributed by atoms with Crippen molar-refractivity contribution < 1.29 is 13.5 Å². The van der Waals surface area contributed by atoms with Crippen LogP contribution in [0.4, 0.5) is 0 Å². The highest BCUT2D eigenvalue weighted by atomic mass is 32.2. The maximum atomic E-state index is 12.4. The van der Waals surface area contributed by atoms with Crippen molar-refractivity contribution in [1.29, 1.82) is 0 Å². The fourth-order valence-electron chi connectivity index (χ4n) is 1.58. The van der Waals surface area contributed by atoms with Crippen LogP contribution in [0.15, 0.2) is 23.1 Å². The van der Waals surface area contributed by atoms with Gasteiger partial charge in [0.1, 0.15) is 0 Å². The Morgan fingerprint density at radius 2 is 2.14 bits per heavy atom. The van der Waals surface area contributed by atoms with Crippen LogP contribution < -0.4 is 4.72 Å². The van der Waals surface area contributed by atoms with Gasteiger partial charge in [-0.1, -0.05) is 24.8 Å². The molecule has 2 N–H and O–H groups in total. The molecule has 1 aromatic carbocycles. The third-order valence-corrected chi connectivity index (χ3v) is 5.30. The normalized spacial score (nSPS) is 12.6. The number of hydrogen-bond donors (Lipinski definition) is 2. The van der Waals surface area contributed by atoms with Crippen molar-refractivity contribution in [3.05, 3.63) is 29.3 Å². The summed E-state index contributed by atoms with van der Waals surface area (Å²) in [5.41, 5.74) is 1.41. The van der Waals surface area contributed by atoms with Gasteiger partial charge in [-0.05, 0) is 30.9 Å². The lowest BCUT2D eigenvalue weighted by Crippen LogP contribution is -2.30. The van der Waals surface area contributed by atoms with Crippen molar-refractivity contribution in [2.75, 3.05) is 19.4 Å². The highest BCUT2D eigenvalue weighted by molar-refractivity contribution is 7.99. The molecule has 0 spiro atoms. The Bertz CT molecular complexity index is 630. The summed E-state index contributed by atoms with van der Waals surface area (Å²) in [6, 6.07) is 5.07. The topological polar surface area (TPSA) is 66.4 Å². The highest BCUT2D eigenvalue weighted by Crippen LogP contribution is 2.17. The molecule has 0 heterocycles. The minimum atomic E-state index is -3.58. The third-order valence-electron chi connectivity index (χ3n) is 2.85. The van der Waals surface area contributed by atoms with Gasteiger partial charge < -0.3 is 5.11 Å². The molecule has 6 heteroatoms. The van der Waals surface area contributed by atoms with Crippen LogP contribution in [0.25, 0.3) is 0 Å². The minimum absolute atomic E-state index is 0.0373. The molecule has 0 aromatic heterocycles. The van der Waals surface area contributed by atoms with Crippen LogP contribution in [0, 0.1) is 18.8 Å². The zero-order chi connectivity index (χ0) is 15.9. The second-order valence-corrected chi connectivity index (χ2v) is 7.68. The molecule has 0 bridgehead atoms. The molecule has 0 saturated carbocycles. The van der Waals surface area contributed by atoms with Crippen LogP contribution in [0.3, 0.4) is 0 Å². The van der Waals surface area contributed by atoms with Crippen LogP contribution in [-0.2, 0) is 10.0 Å². The molecule has 0 aliphatic carbocycles. The number of benzene rings is 1. The second-order valence-electron chi connectivity index (χ2n) is 4.67. The first-order valence-electron chi connectivity index (χ1n) is 6.63. The van der Waals surface area contributed by atoms with E-state index in [9.17, 15) is 8.42 Å². The average Bonchev–Trinajstić information content (AvgIpc) is 2.45. The van der Waals surface area contributed by atoms with Gasteiger partial charge in [-0.25, -0.2) is 13.1 Å². The molecule has 21 heavy (non-hydrogen) atoms. The summed E-state index contributed by atoms with van der Waals surface area (Å²) < 4.78 is 27.4. The van der Waals surface area contributed by atoms with Crippen molar-refractivity contribution in [2.24, 2.45) is 0 Å². The number of rotatable bonds is 6. The van der Waals surface area contributed by atoms with Crippen LogP contribution in [0.2, 0.25) is 0 Å². The van der Waals surface area contributed by atoms with E-state index in [0.717, 1.165) is 5.56 Å². The van der Waals surface area contributed by atoms with Gasteiger partial charge in [0.2, 0.25) is 10.0 Å². The van der Waals surface area contributed by atoms with Crippen molar-refractivity contribution in [3.8, 4) is 11.8 Å². The Morgan fingerprint density at radius 1 is 1.43 bits per heavy atom. The van der Waals surface area contributed by atoms with E-state index in [4.69, 9.17) is 5.11 Å². The molecule has 1 atom stereocenters. The molecule has 0 fully saturated rings. The standard InChI is InChI=1S/C15H21NO3S2/c1-12-7-8-15(14(10-12)6-4-5-9-17)21(18,19)16-11-13(2)20-3/h7-8,10,13,16-17H,5,9,11H2,1-3H3. The number of aliphatic hydroxyl groups is 1. The van der Waals surface area contributed by atoms with E-state index < -0.39 is 10.0 Å². The largest absolute Gasteiger partial charge is 0.395 e. The van der Waals surface area contributed by atoms with E-state index >= 15 is 0 Å². The van der Waals surface area contributed by atoms with E-state index in [1.807, 2.05) is 20.1 Å². The molecular formula is C15H21NO3S2. The van der Waals surface area contributed by atoms with Gasteiger partial charge in [-0.3, -0.25) is 0 Å². The first-order valence-corrected chi connectivity index (χ1v) is 9.40. The molecule has 116 valence electrons. The molecule has 1 rings (SSSR count). The Labute approximate surface area is 131 Å². The predicted molar refractivity (Wildman–Crippen MR) is 87.9 cm³/mol. The lowest BCUT2D eigenvalue weighted by Gasteiger charge is -2.12. The van der Waals surface area contributed by atoms with Crippen molar-refractivity contribution >= 4 is 21.8 Å². The summed E-state index contributed by atoms with van der Waals surface area (Å²) in [7, 11) is -3.58. The highest BCUT2D eigenvalue weighted by Gasteiger charge is 2.18. The van der Waals surface area contributed by atoms with Gasteiger partial charge in [-0.2, -0.15) is 11.8 Å². The third kappa shape index (κ3) is 5.71. The Morgan fingerprint density at radius 3 is 2.76 bits per heavy atom. The fraction of sp³-hybridized carbons (Fsp3) is 0.467. The summed E-state index contributed by atoms with van der Waals surface area (Å²) >= 11 is 1.60. The maximum absolute atomic E-state index is 12.4. The van der Waals surface area contributed by atoms with Gasteiger partial charge in [0.05, 0.1) is 11.5 Å². The van der Waals surface area contributed by atoms with Gasteiger partial charge in [0.25, 0.3) is 0 Å². The number of aryl methyl sites for hydroxylation is 1. The van der Waals surface area contributed by atoms with Crippen molar-refractivity contribution in [2.45, 2.75) is 30.4 Å². The van der Waals surface area contributed by atoms with Crippen molar-refractivity contribution in [1.82, 2.24) is 4.72 Å². The van der Waals surface area contributed by atoms with Gasteiger partial charge in [0, 0.05) is 23.8 Å². The Balaban J connectivity index is 3.08. The number of thioether (sulfide) groups is 1. The van der Waals surface area contributed by atoms with Crippen LogP contribution in [-0.4, -0.2) is 38.2 Å². The van der Waals surface area contributed by atoms with E-state index in [1.165, 1.54) is 0 Å². The fourth-order valence-corrected chi connectivity index (χ4v) is 3.20. The summed E-state index contributed by atoms with van der Waals surface area (Å²) in [4.78, 5) is 0.187. The average molecular weight is 327 g/mol. The zero-order valence-corrected chi connectivity index (χ0v) is 14.1. The van der Waals surface area contributed by atoms with Crippen molar-refractivity contribution in [3.63, 3.8) is 0 Å². The number of hydrogen-bond acceptors (Lipinski definition) is 4. The lowest BCUT2D eigenvalue weighted by atomic mass is 10.1. The SMILES string of the molecule is CSC(C)CNS(=O)(=O)c1ccc(C)cc1C#CCCO. The van der Waals surface area contributed by atoms with E-state index in [-0.39, 0.29) is 16.8 Å². The van der Waals surface area contributed by atoms with Crippen LogP contribution in [0.5, 0.6) is 0 Å². The zero-order valence-electron chi connectivity index (χ0n) is 12.5. The summed E-state index contributed by atoms with van der Waals surface area (Å²) in [5, 5.41) is 8.97. The summed E-state index contributed by atoms with van der Waals surface area (Å²) in [6.45, 7) is 4.19. The van der Waals surface area contributed by atoms with E-state index in [1.54, 1.807) is 30.0 Å². The molecule has 0 saturated heterocycles. The van der Waals surface area contributed by atoms with Gasteiger partial charge >= 0.3 is 0 Å². The quantitative estimate of drug-likeness (QED) is 0.781. The second kappa shape index (κ2) is 8.44. The lowest BCUT2D eigenvalue weighted by molar-refractivity contribution is 0.305. The molecule has 0 aliphatic rings. The van der Waals surface area contributed by atoms with E-state index in [2.05, 4.69) is 16.6 Å². The van der Waals surface area contributed by atoms with Crippen LogP contribution >= 0.6 is 11.8 Å². The first-order chi connectivity index (χ1) is 9.90. The number of sulfonamides is 1. The molecule has 0 aliphatic heterocycles. The molecule has 0 amide bonds. The Kier molecular flexibility index (Phi) is 7.26. The monoisotopic (exact) mass is 327 g/mol. The summed E-state index contributed by atoms with van der Waals surface area (Å²) in [5.74, 6) is 5.60. The van der Waals surface area contributed by atoms with E-state index in [0.29, 0.717) is 18.5 Å². The molecular weight excluding hydrogens is 306 g/mol.